The molecule has 0 saturated heterocycles. The Kier molecular flexibility index (Phi) is 3.51. The van der Waals surface area contributed by atoms with Crippen LogP contribution in [0.1, 0.15) is 25.3 Å². The summed E-state index contributed by atoms with van der Waals surface area (Å²) in [5.41, 5.74) is 8.73. The van der Waals surface area contributed by atoms with Crippen molar-refractivity contribution in [3.8, 4) is 11.1 Å². The van der Waals surface area contributed by atoms with E-state index in [1.54, 1.807) is 6.07 Å². The fourth-order valence-electron chi connectivity index (χ4n) is 1.96. The minimum Gasteiger partial charge on any atom is -0.393 e. The van der Waals surface area contributed by atoms with Gasteiger partial charge < -0.3 is 5.73 Å². The van der Waals surface area contributed by atoms with E-state index in [0.29, 0.717) is 5.92 Å². The molecule has 0 aliphatic heterocycles. The molecule has 0 amide bonds. The van der Waals surface area contributed by atoms with E-state index in [4.69, 9.17) is 5.73 Å². The van der Waals surface area contributed by atoms with Crippen LogP contribution in [0, 0.1) is 10.1 Å². The van der Waals surface area contributed by atoms with Crippen molar-refractivity contribution in [2.75, 3.05) is 5.73 Å². The van der Waals surface area contributed by atoms with Gasteiger partial charge in [0.25, 0.3) is 5.69 Å². The molecule has 4 nitrogen and oxygen atoms in total. The van der Waals surface area contributed by atoms with Crippen molar-refractivity contribution in [1.29, 1.82) is 0 Å². The highest BCUT2D eigenvalue weighted by molar-refractivity contribution is 5.72. The molecule has 2 aromatic carbocycles. The number of nitro benzene ring substituents is 1. The summed E-state index contributed by atoms with van der Waals surface area (Å²) in [5, 5.41) is 10.9. The van der Waals surface area contributed by atoms with Gasteiger partial charge in [-0.3, -0.25) is 10.1 Å². The molecule has 19 heavy (non-hydrogen) atoms. The second-order valence-corrected chi connectivity index (χ2v) is 4.81. The zero-order chi connectivity index (χ0) is 14.0. The van der Waals surface area contributed by atoms with Gasteiger partial charge in [0.15, 0.2) is 0 Å². The van der Waals surface area contributed by atoms with Gasteiger partial charge in [0, 0.05) is 6.07 Å². The van der Waals surface area contributed by atoms with Crippen LogP contribution in [0.5, 0.6) is 0 Å². The Labute approximate surface area is 112 Å². The molecule has 0 atom stereocenters. The Bertz CT molecular complexity index is 621. The van der Waals surface area contributed by atoms with E-state index in [1.807, 2.05) is 18.2 Å². The zero-order valence-electron chi connectivity index (χ0n) is 11.0. The third-order valence-electron chi connectivity index (χ3n) is 3.11. The molecule has 0 bridgehead atoms. The van der Waals surface area contributed by atoms with E-state index >= 15 is 0 Å². The van der Waals surface area contributed by atoms with Crippen molar-refractivity contribution in [2.45, 2.75) is 19.8 Å². The predicted octanol–water partition coefficient (Wildman–Crippen LogP) is 3.97. The second kappa shape index (κ2) is 5.10. The standard InChI is InChI=1S/C15H16N2O2/c1-10(2)11-4-3-5-12(8-11)13-6-7-14(16)15(9-13)17(18)19/h3-10H,16H2,1-2H3. The van der Waals surface area contributed by atoms with Gasteiger partial charge in [0.05, 0.1) is 4.92 Å². The average molecular weight is 256 g/mol. The molecule has 2 N–H and O–H groups in total. The first-order valence-corrected chi connectivity index (χ1v) is 6.13. The number of nitrogens with zero attached hydrogens (tertiary/aromatic N) is 1. The van der Waals surface area contributed by atoms with Crippen molar-refractivity contribution in [1.82, 2.24) is 0 Å². The third-order valence-corrected chi connectivity index (χ3v) is 3.11. The monoisotopic (exact) mass is 256 g/mol. The Balaban J connectivity index is 2.50. The van der Waals surface area contributed by atoms with Gasteiger partial charge >= 0.3 is 0 Å². The highest BCUT2D eigenvalue weighted by atomic mass is 16.6. The van der Waals surface area contributed by atoms with Crippen LogP contribution in [-0.4, -0.2) is 4.92 Å². The number of benzene rings is 2. The molecule has 0 aliphatic rings. The molecular formula is C15H16N2O2. The Morgan fingerprint density at radius 2 is 1.79 bits per heavy atom. The van der Waals surface area contributed by atoms with Gasteiger partial charge in [0.2, 0.25) is 0 Å². The lowest BCUT2D eigenvalue weighted by atomic mass is 9.97. The van der Waals surface area contributed by atoms with E-state index in [1.165, 1.54) is 11.6 Å². The summed E-state index contributed by atoms with van der Waals surface area (Å²) in [6, 6.07) is 12.9. The predicted molar refractivity (Wildman–Crippen MR) is 77.0 cm³/mol. The van der Waals surface area contributed by atoms with E-state index in [-0.39, 0.29) is 11.4 Å². The lowest BCUT2D eigenvalue weighted by molar-refractivity contribution is -0.383. The molecular weight excluding hydrogens is 240 g/mol. The van der Waals surface area contributed by atoms with Gasteiger partial charge in [-0.15, -0.1) is 0 Å². The average Bonchev–Trinajstić information content (AvgIpc) is 2.39. The van der Waals surface area contributed by atoms with Gasteiger partial charge in [-0.05, 0) is 28.7 Å². The highest BCUT2D eigenvalue weighted by Gasteiger charge is 2.13. The molecule has 0 fully saturated rings. The molecule has 0 unspecified atom stereocenters. The van der Waals surface area contributed by atoms with Crippen LogP contribution in [0.25, 0.3) is 11.1 Å². The van der Waals surface area contributed by atoms with Crippen molar-refractivity contribution in [3.05, 3.63) is 58.1 Å². The summed E-state index contributed by atoms with van der Waals surface area (Å²) in [6.45, 7) is 4.23. The van der Waals surface area contributed by atoms with E-state index in [2.05, 4.69) is 26.0 Å². The van der Waals surface area contributed by atoms with Crippen LogP contribution < -0.4 is 5.73 Å². The number of hydrogen-bond donors (Lipinski definition) is 1. The van der Waals surface area contributed by atoms with E-state index < -0.39 is 4.92 Å². The van der Waals surface area contributed by atoms with Crippen molar-refractivity contribution in [2.24, 2.45) is 0 Å². The van der Waals surface area contributed by atoms with Gasteiger partial charge in [0.1, 0.15) is 5.69 Å². The van der Waals surface area contributed by atoms with Crippen LogP contribution in [-0.2, 0) is 0 Å². The maximum absolute atomic E-state index is 10.9. The van der Waals surface area contributed by atoms with Crippen LogP contribution in [0.3, 0.4) is 0 Å². The highest BCUT2D eigenvalue weighted by Crippen LogP contribution is 2.30. The zero-order valence-corrected chi connectivity index (χ0v) is 11.0. The lowest BCUT2D eigenvalue weighted by Crippen LogP contribution is -1.96. The number of anilines is 1. The first-order valence-electron chi connectivity index (χ1n) is 6.13. The summed E-state index contributed by atoms with van der Waals surface area (Å²) in [6.07, 6.45) is 0. The number of nitro groups is 1. The third kappa shape index (κ3) is 2.73. The van der Waals surface area contributed by atoms with Crippen molar-refractivity contribution in [3.63, 3.8) is 0 Å². The molecule has 0 aromatic heterocycles. The number of nitrogens with two attached hydrogens (primary N) is 1. The fourth-order valence-corrected chi connectivity index (χ4v) is 1.96. The van der Waals surface area contributed by atoms with Crippen LogP contribution >= 0.6 is 0 Å². The maximum atomic E-state index is 10.9. The first kappa shape index (κ1) is 13.1. The molecule has 98 valence electrons. The minimum atomic E-state index is -0.453. The lowest BCUT2D eigenvalue weighted by Gasteiger charge is -2.08. The van der Waals surface area contributed by atoms with Crippen molar-refractivity contribution < 1.29 is 4.92 Å². The Morgan fingerprint density at radius 3 is 2.42 bits per heavy atom. The summed E-state index contributed by atoms with van der Waals surface area (Å²) in [7, 11) is 0. The summed E-state index contributed by atoms with van der Waals surface area (Å²) >= 11 is 0. The van der Waals surface area contributed by atoms with Gasteiger partial charge in [-0.2, -0.15) is 0 Å². The van der Waals surface area contributed by atoms with Gasteiger partial charge in [-0.25, -0.2) is 0 Å². The SMILES string of the molecule is CC(C)c1cccc(-c2ccc(N)c([N+](=O)[O-])c2)c1. The minimum absolute atomic E-state index is 0.0487. The van der Waals surface area contributed by atoms with Crippen LogP contribution in [0.2, 0.25) is 0 Å². The first-order chi connectivity index (χ1) is 8.99. The molecule has 0 heterocycles. The molecule has 2 rings (SSSR count). The largest absolute Gasteiger partial charge is 0.393 e. The normalized spacial score (nSPS) is 10.7. The number of hydrogen-bond acceptors (Lipinski definition) is 3. The molecule has 2 aromatic rings. The topological polar surface area (TPSA) is 69.2 Å². The molecule has 0 saturated carbocycles. The molecule has 0 aliphatic carbocycles. The number of rotatable bonds is 3. The maximum Gasteiger partial charge on any atom is 0.292 e. The molecule has 0 spiro atoms. The van der Waals surface area contributed by atoms with Crippen molar-refractivity contribution >= 4 is 11.4 Å². The second-order valence-electron chi connectivity index (χ2n) is 4.81. The molecule has 0 radical (unpaired) electrons. The smallest absolute Gasteiger partial charge is 0.292 e. The Hall–Kier alpha value is -2.36. The fraction of sp³-hybridized carbons (Fsp3) is 0.200. The van der Waals surface area contributed by atoms with Crippen LogP contribution in [0.4, 0.5) is 11.4 Å². The summed E-state index contributed by atoms with van der Waals surface area (Å²) in [5.74, 6) is 0.420. The van der Waals surface area contributed by atoms with Crippen LogP contribution in [0.15, 0.2) is 42.5 Å². The summed E-state index contributed by atoms with van der Waals surface area (Å²) in [4.78, 5) is 10.5. The van der Waals surface area contributed by atoms with E-state index in [0.717, 1.165) is 11.1 Å². The molecule has 4 heteroatoms. The van der Waals surface area contributed by atoms with Gasteiger partial charge in [-0.1, -0.05) is 44.2 Å². The number of nitrogen functional groups attached to an aromatic ring is 1. The van der Waals surface area contributed by atoms with E-state index in [9.17, 15) is 10.1 Å². The Morgan fingerprint density at radius 1 is 1.11 bits per heavy atom. The summed E-state index contributed by atoms with van der Waals surface area (Å²) < 4.78 is 0. The quantitative estimate of drug-likeness (QED) is 0.513.